The first-order valence-corrected chi connectivity index (χ1v) is 4.69. The van der Waals surface area contributed by atoms with Crippen LogP contribution in [0.1, 0.15) is 11.3 Å². The van der Waals surface area contributed by atoms with Crippen LogP contribution in [0.25, 0.3) is 5.69 Å². The van der Waals surface area contributed by atoms with Gasteiger partial charge >= 0.3 is 0 Å². The van der Waals surface area contributed by atoms with Crippen molar-refractivity contribution in [2.45, 2.75) is 13.8 Å². The van der Waals surface area contributed by atoms with Gasteiger partial charge in [-0.1, -0.05) is 0 Å². The number of nitrogens with two attached hydrogens (primary N) is 1. The SMILES string of the molecule is Cc1cc(O)ccc1-n1cc(N)c(C)n1. The van der Waals surface area contributed by atoms with Crippen LogP contribution in [0.4, 0.5) is 5.69 Å². The average Bonchev–Trinajstić information content (AvgIpc) is 2.46. The standard InChI is InChI=1S/C11H13N3O/c1-7-5-9(15)3-4-11(7)14-6-10(12)8(2)13-14/h3-6,15H,12H2,1-2H3. The summed E-state index contributed by atoms with van der Waals surface area (Å²) < 4.78 is 1.72. The van der Waals surface area contributed by atoms with Crippen molar-refractivity contribution in [3.63, 3.8) is 0 Å². The Hall–Kier alpha value is -1.97. The lowest BCUT2D eigenvalue weighted by Crippen LogP contribution is -1.97. The molecule has 0 aliphatic heterocycles. The fraction of sp³-hybridized carbons (Fsp3) is 0.182. The molecule has 4 nitrogen and oxygen atoms in total. The van der Waals surface area contributed by atoms with Gasteiger partial charge in [0.2, 0.25) is 0 Å². The second-order valence-corrected chi connectivity index (χ2v) is 3.59. The molecule has 0 fully saturated rings. The van der Waals surface area contributed by atoms with Gasteiger partial charge in [-0.2, -0.15) is 5.10 Å². The van der Waals surface area contributed by atoms with Crippen LogP contribution in [0.5, 0.6) is 5.75 Å². The molecule has 0 atom stereocenters. The quantitative estimate of drug-likeness (QED) is 0.742. The molecule has 0 saturated heterocycles. The summed E-state index contributed by atoms with van der Waals surface area (Å²) in [5.41, 5.74) is 9.08. The first-order chi connectivity index (χ1) is 7.08. The third-order valence-corrected chi connectivity index (χ3v) is 2.36. The lowest BCUT2D eigenvalue weighted by Gasteiger charge is -2.05. The molecule has 0 spiro atoms. The van der Waals surface area contributed by atoms with Crippen molar-refractivity contribution >= 4 is 5.69 Å². The number of aromatic nitrogens is 2. The van der Waals surface area contributed by atoms with Crippen LogP contribution in [0.3, 0.4) is 0 Å². The Morgan fingerprint density at radius 2 is 2.07 bits per heavy atom. The van der Waals surface area contributed by atoms with Gasteiger partial charge < -0.3 is 10.8 Å². The van der Waals surface area contributed by atoms with E-state index in [1.165, 1.54) is 0 Å². The average molecular weight is 203 g/mol. The maximum atomic E-state index is 9.29. The van der Waals surface area contributed by atoms with E-state index in [0.29, 0.717) is 5.69 Å². The van der Waals surface area contributed by atoms with Crippen LogP contribution in [-0.4, -0.2) is 14.9 Å². The number of nitrogens with zero attached hydrogens (tertiary/aromatic N) is 2. The molecule has 1 heterocycles. The molecule has 0 bridgehead atoms. The van der Waals surface area contributed by atoms with Gasteiger partial charge in [0.25, 0.3) is 0 Å². The maximum absolute atomic E-state index is 9.29. The number of hydrogen-bond donors (Lipinski definition) is 2. The van der Waals surface area contributed by atoms with Crippen molar-refractivity contribution in [2.24, 2.45) is 0 Å². The van der Waals surface area contributed by atoms with E-state index >= 15 is 0 Å². The zero-order chi connectivity index (χ0) is 11.0. The molecule has 1 aromatic carbocycles. The molecular formula is C11H13N3O. The Labute approximate surface area is 88.0 Å². The van der Waals surface area contributed by atoms with Gasteiger partial charge in [0.05, 0.1) is 23.3 Å². The predicted octanol–water partition coefficient (Wildman–Crippen LogP) is 1.78. The lowest BCUT2D eigenvalue weighted by molar-refractivity contribution is 0.474. The summed E-state index contributed by atoms with van der Waals surface area (Å²) in [7, 11) is 0. The Morgan fingerprint density at radius 3 is 2.60 bits per heavy atom. The van der Waals surface area contributed by atoms with Crippen molar-refractivity contribution in [1.82, 2.24) is 9.78 Å². The zero-order valence-electron chi connectivity index (χ0n) is 8.73. The summed E-state index contributed by atoms with van der Waals surface area (Å²) in [6.07, 6.45) is 1.77. The van der Waals surface area contributed by atoms with E-state index in [0.717, 1.165) is 16.9 Å². The second-order valence-electron chi connectivity index (χ2n) is 3.59. The minimum absolute atomic E-state index is 0.258. The number of hydrogen-bond acceptors (Lipinski definition) is 3. The highest BCUT2D eigenvalue weighted by molar-refractivity contribution is 5.48. The fourth-order valence-electron chi connectivity index (χ4n) is 1.49. The van der Waals surface area contributed by atoms with Crippen LogP contribution in [0.2, 0.25) is 0 Å². The van der Waals surface area contributed by atoms with Crippen LogP contribution in [0.15, 0.2) is 24.4 Å². The minimum Gasteiger partial charge on any atom is -0.508 e. The third-order valence-electron chi connectivity index (χ3n) is 2.36. The molecule has 0 amide bonds. The molecule has 15 heavy (non-hydrogen) atoms. The van der Waals surface area contributed by atoms with Gasteiger partial charge in [-0.3, -0.25) is 0 Å². The molecular weight excluding hydrogens is 190 g/mol. The van der Waals surface area contributed by atoms with Crippen molar-refractivity contribution in [1.29, 1.82) is 0 Å². The summed E-state index contributed by atoms with van der Waals surface area (Å²) in [4.78, 5) is 0. The van der Waals surface area contributed by atoms with Gasteiger partial charge in [0, 0.05) is 0 Å². The molecule has 78 valence electrons. The smallest absolute Gasteiger partial charge is 0.115 e. The number of aromatic hydroxyl groups is 1. The number of phenols is 1. The van der Waals surface area contributed by atoms with Crippen LogP contribution >= 0.6 is 0 Å². The summed E-state index contributed by atoms with van der Waals surface area (Å²) in [6, 6.07) is 5.15. The number of nitrogen functional groups attached to an aromatic ring is 1. The third kappa shape index (κ3) is 1.66. The number of rotatable bonds is 1. The van der Waals surface area contributed by atoms with Crippen LogP contribution in [0, 0.1) is 13.8 Å². The maximum Gasteiger partial charge on any atom is 0.115 e. The molecule has 0 aliphatic carbocycles. The van der Waals surface area contributed by atoms with Crippen LogP contribution < -0.4 is 5.73 Å². The van der Waals surface area contributed by atoms with E-state index in [2.05, 4.69) is 5.10 Å². The second kappa shape index (κ2) is 3.31. The van der Waals surface area contributed by atoms with Gasteiger partial charge in [-0.25, -0.2) is 4.68 Å². The Bertz CT molecular complexity index is 483. The van der Waals surface area contributed by atoms with Crippen molar-refractivity contribution < 1.29 is 5.11 Å². The normalized spacial score (nSPS) is 10.5. The number of phenolic OH excluding ortho intramolecular Hbond substituents is 1. The lowest BCUT2D eigenvalue weighted by atomic mass is 10.2. The van der Waals surface area contributed by atoms with E-state index in [1.807, 2.05) is 19.9 Å². The highest BCUT2D eigenvalue weighted by atomic mass is 16.3. The highest BCUT2D eigenvalue weighted by Gasteiger charge is 2.05. The van der Waals surface area contributed by atoms with Gasteiger partial charge in [-0.15, -0.1) is 0 Å². The summed E-state index contributed by atoms with van der Waals surface area (Å²) in [5, 5.41) is 13.6. The summed E-state index contributed by atoms with van der Waals surface area (Å²) in [6.45, 7) is 3.78. The Kier molecular flexibility index (Phi) is 2.11. The van der Waals surface area contributed by atoms with Gasteiger partial charge in [-0.05, 0) is 37.6 Å². The zero-order valence-corrected chi connectivity index (χ0v) is 8.73. The number of aryl methyl sites for hydroxylation is 2. The first kappa shape index (κ1) is 9.58. The molecule has 2 rings (SSSR count). The predicted molar refractivity (Wildman–Crippen MR) is 59.1 cm³/mol. The van der Waals surface area contributed by atoms with Crippen molar-refractivity contribution in [3.05, 3.63) is 35.7 Å². The monoisotopic (exact) mass is 203 g/mol. The number of benzene rings is 1. The number of anilines is 1. The molecule has 0 radical (unpaired) electrons. The van der Waals surface area contributed by atoms with Gasteiger partial charge in [0.1, 0.15) is 5.75 Å². The molecule has 0 unspecified atom stereocenters. The summed E-state index contributed by atoms with van der Waals surface area (Å²) in [5.74, 6) is 0.258. The Balaban J connectivity index is 2.54. The molecule has 1 aromatic heterocycles. The van der Waals surface area contributed by atoms with E-state index in [9.17, 15) is 5.11 Å². The van der Waals surface area contributed by atoms with Crippen molar-refractivity contribution in [2.75, 3.05) is 5.73 Å². The molecule has 2 aromatic rings. The van der Waals surface area contributed by atoms with Gasteiger partial charge in [0.15, 0.2) is 0 Å². The fourth-order valence-corrected chi connectivity index (χ4v) is 1.49. The Morgan fingerprint density at radius 1 is 1.33 bits per heavy atom. The molecule has 0 saturated carbocycles. The first-order valence-electron chi connectivity index (χ1n) is 4.69. The molecule has 4 heteroatoms. The topological polar surface area (TPSA) is 64.1 Å². The van der Waals surface area contributed by atoms with E-state index in [-0.39, 0.29) is 5.75 Å². The van der Waals surface area contributed by atoms with Crippen LogP contribution in [-0.2, 0) is 0 Å². The van der Waals surface area contributed by atoms with Crippen molar-refractivity contribution in [3.8, 4) is 11.4 Å². The van der Waals surface area contributed by atoms with E-state index in [1.54, 1.807) is 23.0 Å². The summed E-state index contributed by atoms with van der Waals surface area (Å²) >= 11 is 0. The van der Waals surface area contributed by atoms with E-state index < -0.39 is 0 Å². The largest absolute Gasteiger partial charge is 0.508 e. The highest BCUT2D eigenvalue weighted by Crippen LogP contribution is 2.20. The molecule has 0 aliphatic rings. The molecule has 3 N–H and O–H groups in total. The van der Waals surface area contributed by atoms with E-state index in [4.69, 9.17) is 5.73 Å². The minimum atomic E-state index is 0.258.